The molecule has 2 N–H and O–H groups in total. The molecule has 4 nitrogen and oxygen atoms in total. The molecule has 0 aromatic carbocycles. The van der Waals surface area contributed by atoms with Crippen LogP contribution in [0.25, 0.3) is 0 Å². The van der Waals surface area contributed by atoms with E-state index in [0.717, 1.165) is 32.2 Å². The van der Waals surface area contributed by atoms with E-state index in [1.165, 1.54) is 0 Å². The third-order valence-electron chi connectivity index (χ3n) is 3.31. The first kappa shape index (κ1) is 11.3. The Bertz CT molecular complexity index is 372. The van der Waals surface area contributed by atoms with Crippen LogP contribution in [0.1, 0.15) is 43.2 Å². The van der Waals surface area contributed by atoms with Crippen LogP contribution in [0.15, 0.2) is 12.4 Å². The summed E-state index contributed by atoms with van der Waals surface area (Å²) >= 11 is 0. The van der Waals surface area contributed by atoms with Crippen molar-refractivity contribution in [3.05, 3.63) is 18.2 Å². The number of aryl methyl sites for hydroxylation is 1. The quantitative estimate of drug-likeness (QED) is 0.786. The van der Waals surface area contributed by atoms with Crippen molar-refractivity contribution in [1.29, 1.82) is 0 Å². The third-order valence-corrected chi connectivity index (χ3v) is 3.31. The average molecular weight is 221 g/mol. The normalized spacial score (nSPS) is 24.9. The second kappa shape index (κ2) is 4.78. The van der Waals surface area contributed by atoms with E-state index in [1.54, 1.807) is 6.20 Å². The fourth-order valence-electron chi connectivity index (χ4n) is 2.44. The van der Waals surface area contributed by atoms with E-state index in [4.69, 9.17) is 5.73 Å². The minimum absolute atomic E-state index is 0.0157. The van der Waals surface area contributed by atoms with Gasteiger partial charge in [-0.05, 0) is 19.3 Å². The van der Waals surface area contributed by atoms with Crippen molar-refractivity contribution in [1.82, 2.24) is 9.55 Å². The predicted octanol–water partition coefficient (Wildman–Crippen LogP) is 1.60. The Morgan fingerprint density at radius 3 is 3.06 bits per heavy atom. The Morgan fingerprint density at radius 1 is 1.62 bits per heavy atom. The van der Waals surface area contributed by atoms with Gasteiger partial charge in [-0.25, -0.2) is 4.98 Å². The highest BCUT2D eigenvalue weighted by atomic mass is 16.1. The van der Waals surface area contributed by atoms with Crippen LogP contribution >= 0.6 is 0 Å². The van der Waals surface area contributed by atoms with Crippen molar-refractivity contribution in [3.63, 3.8) is 0 Å². The number of aromatic nitrogens is 2. The van der Waals surface area contributed by atoms with Gasteiger partial charge in [0.05, 0.1) is 0 Å². The maximum atomic E-state index is 12.3. The van der Waals surface area contributed by atoms with Crippen LogP contribution in [-0.4, -0.2) is 21.4 Å². The number of carbonyl (C=O) groups is 1. The van der Waals surface area contributed by atoms with Crippen molar-refractivity contribution in [2.24, 2.45) is 11.7 Å². The number of nitrogens with zero attached hydrogens (tertiary/aromatic N) is 2. The van der Waals surface area contributed by atoms with Crippen LogP contribution in [0.3, 0.4) is 0 Å². The van der Waals surface area contributed by atoms with Gasteiger partial charge in [-0.1, -0.05) is 13.3 Å². The number of imidazole rings is 1. The highest BCUT2D eigenvalue weighted by Gasteiger charge is 2.32. The molecule has 1 heterocycles. The summed E-state index contributed by atoms with van der Waals surface area (Å²) in [5.41, 5.74) is 5.95. The Morgan fingerprint density at radius 2 is 2.44 bits per heavy atom. The molecule has 4 heteroatoms. The fraction of sp³-hybridized carbons (Fsp3) is 0.667. The average Bonchev–Trinajstić information content (AvgIpc) is 2.87. The standard InChI is InChI=1S/C12H19N3O/c1-2-7-15-8-6-14-12(15)11(16)9-4-3-5-10(9)13/h6,8-10H,2-5,7,13H2,1H3. The summed E-state index contributed by atoms with van der Waals surface area (Å²) in [6, 6.07) is 0.0271. The lowest BCUT2D eigenvalue weighted by Gasteiger charge is -2.14. The van der Waals surface area contributed by atoms with Crippen LogP contribution in [0.2, 0.25) is 0 Å². The molecule has 1 aliphatic rings. The topological polar surface area (TPSA) is 60.9 Å². The Hall–Kier alpha value is -1.16. The second-order valence-corrected chi connectivity index (χ2v) is 4.51. The van der Waals surface area contributed by atoms with E-state index in [-0.39, 0.29) is 17.7 Å². The van der Waals surface area contributed by atoms with Crippen LogP contribution < -0.4 is 5.73 Å². The van der Waals surface area contributed by atoms with Crippen LogP contribution in [0.4, 0.5) is 0 Å². The molecule has 16 heavy (non-hydrogen) atoms. The number of rotatable bonds is 4. The molecule has 1 fully saturated rings. The van der Waals surface area contributed by atoms with Gasteiger partial charge < -0.3 is 10.3 Å². The second-order valence-electron chi connectivity index (χ2n) is 4.51. The van der Waals surface area contributed by atoms with E-state index < -0.39 is 0 Å². The summed E-state index contributed by atoms with van der Waals surface area (Å²) in [6.07, 6.45) is 7.52. The highest BCUT2D eigenvalue weighted by molar-refractivity contribution is 5.95. The van der Waals surface area contributed by atoms with Crippen LogP contribution in [0, 0.1) is 5.92 Å². The van der Waals surface area contributed by atoms with E-state index in [1.807, 2.05) is 10.8 Å². The molecule has 1 aliphatic carbocycles. The maximum Gasteiger partial charge on any atom is 0.202 e. The summed E-state index contributed by atoms with van der Waals surface area (Å²) in [4.78, 5) is 16.4. The minimum atomic E-state index is -0.0157. The van der Waals surface area contributed by atoms with Gasteiger partial charge in [-0.3, -0.25) is 4.79 Å². The molecule has 1 saturated carbocycles. The van der Waals surface area contributed by atoms with Gasteiger partial charge in [-0.15, -0.1) is 0 Å². The number of nitrogens with two attached hydrogens (primary N) is 1. The van der Waals surface area contributed by atoms with Crippen molar-refractivity contribution >= 4 is 5.78 Å². The molecule has 0 aliphatic heterocycles. The minimum Gasteiger partial charge on any atom is -0.329 e. The summed E-state index contributed by atoms with van der Waals surface area (Å²) < 4.78 is 1.94. The summed E-state index contributed by atoms with van der Waals surface area (Å²) in [5, 5.41) is 0. The zero-order valence-corrected chi connectivity index (χ0v) is 9.72. The smallest absolute Gasteiger partial charge is 0.202 e. The van der Waals surface area contributed by atoms with E-state index in [0.29, 0.717) is 5.82 Å². The molecule has 1 aromatic rings. The molecule has 2 unspecified atom stereocenters. The van der Waals surface area contributed by atoms with Gasteiger partial charge in [0.15, 0.2) is 5.82 Å². The van der Waals surface area contributed by atoms with Crippen molar-refractivity contribution in [2.75, 3.05) is 0 Å². The monoisotopic (exact) mass is 221 g/mol. The largest absolute Gasteiger partial charge is 0.329 e. The fourth-order valence-corrected chi connectivity index (χ4v) is 2.44. The number of carbonyl (C=O) groups excluding carboxylic acids is 1. The Kier molecular flexibility index (Phi) is 3.39. The predicted molar refractivity (Wildman–Crippen MR) is 62.2 cm³/mol. The molecule has 2 rings (SSSR count). The molecule has 1 aromatic heterocycles. The first-order valence-corrected chi connectivity index (χ1v) is 6.05. The number of ketones is 1. The van der Waals surface area contributed by atoms with Crippen molar-refractivity contribution in [2.45, 2.75) is 45.2 Å². The zero-order chi connectivity index (χ0) is 11.5. The van der Waals surface area contributed by atoms with E-state index in [2.05, 4.69) is 11.9 Å². The molecule has 0 amide bonds. The van der Waals surface area contributed by atoms with Gasteiger partial charge >= 0.3 is 0 Å². The van der Waals surface area contributed by atoms with Gasteiger partial charge in [-0.2, -0.15) is 0 Å². The summed E-state index contributed by atoms with van der Waals surface area (Å²) in [6.45, 7) is 2.94. The van der Waals surface area contributed by atoms with Gasteiger partial charge in [0.2, 0.25) is 5.78 Å². The lowest BCUT2D eigenvalue weighted by atomic mass is 9.98. The molecular weight excluding hydrogens is 202 g/mol. The van der Waals surface area contributed by atoms with Crippen molar-refractivity contribution in [3.8, 4) is 0 Å². The van der Waals surface area contributed by atoms with Crippen LogP contribution in [-0.2, 0) is 6.54 Å². The molecule has 0 saturated heterocycles. The van der Waals surface area contributed by atoms with Gasteiger partial charge in [0.1, 0.15) is 0 Å². The van der Waals surface area contributed by atoms with Crippen molar-refractivity contribution < 1.29 is 4.79 Å². The van der Waals surface area contributed by atoms with E-state index >= 15 is 0 Å². The van der Waals surface area contributed by atoms with Gasteiger partial charge in [0.25, 0.3) is 0 Å². The SMILES string of the molecule is CCCn1ccnc1C(=O)C1CCCC1N. The Labute approximate surface area is 95.9 Å². The first-order valence-electron chi connectivity index (χ1n) is 6.05. The number of hydrogen-bond acceptors (Lipinski definition) is 3. The lowest BCUT2D eigenvalue weighted by molar-refractivity contribution is 0.0898. The molecule has 88 valence electrons. The maximum absolute atomic E-state index is 12.3. The molecule has 0 bridgehead atoms. The van der Waals surface area contributed by atoms with E-state index in [9.17, 15) is 4.79 Å². The summed E-state index contributed by atoms with van der Waals surface area (Å²) in [5.74, 6) is 0.700. The Balaban J connectivity index is 2.16. The lowest BCUT2D eigenvalue weighted by Crippen LogP contribution is -2.32. The first-order chi connectivity index (χ1) is 7.74. The molecule has 0 radical (unpaired) electrons. The van der Waals surface area contributed by atoms with Crippen LogP contribution in [0.5, 0.6) is 0 Å². The molecule has 0 spiro atoms. The summed E-state index contributed by atoms with van der Waals surface area (Å²) in [7, 11) is 0. The molecular formula is C12H19N3O. The number of Topliss-reactive ketones (excluding diaryl/α,β-unsaturated/α-hetero) is 1. The zero-order valence-electron chi connectivity index (χ0n) is 9.72. The van der Waals surface area contributed by atoms with Gasteiger partial charge in [0, 0.05) is 30.9 Å². The number of hydrogen-bond donors (Lipinski definition) is 1. The molecule has 2 atom stereocenters. The highest BCUT2D eigenvalue weighted by Crippen LogP contribution is 2.26. The third kappa shape index (κ3) is 2.02.